The average molecular weight is 372 g/mol. The zero-order chi connectivity index (χ0) is 18.2. The molecule has 134 valence electrons. The predicted octanol–water partition coefficient (Wildman–Crippen LogP) is 4.82. The Morgan fingerprint density at radius 1 is 0.852 bits per heavy atom. The molecule has 0 aliphatic carbocycles. The fourth-order valence-corrected chi connectivity index (χ4v) is 4.83. The van der Waals surface area contributed by atoms with Gasteiger partial charge in [0.1, 0.15) is 10.4 Å². The second-order valence-electron chi connectivity index (χ2n) is 6.68. The molecule has 0 unspecified atom stereocenters. The van der Waals surface area contributed by atoms with Crippen molar-refractivity contribution in [1.82, 2.24) is 0 Å². The number of nitrogens with zero attached hydrogens (tertiary/aromatic N) is 3. The number of thioether (sulfide) groups is 1. The van der Waals surface area contributed by atoms with Gasteiger partial charge in [0.15, 0.2) is 6.17 Å². The van der Waals surface area contributed by atoms with E-state index in [-0.39, 0.29) is 11.5 Å². The maximum atomic E-state index is 5.04. The van der Waals surface area contributed by atoms with Crippen LogP contribution >= 0.6 is 11.8 Å². The summed E-state index contributed by atoms with van der Waals surface area (Å²) in [6, 6.07) is 29.3. The first-order valence-corrected chi connectivity index (χ1v) is 9.92. The van der Waals surface area contributed by atoms with E-state index in [9.17, 15) is 0 Å². The summed E-state index contributed by atoms with van der Waals surface area (Å²) in [6.45, 7) is 0. The van der Waals surface area contributed by atoms with Crippen molar-refractivity contribution in [2.45, 2.75) is 11.5 Å². The van der Waals surface area contributed by atoms with Crippen molar-refractivity contribution in [3.05, 3.63) is 90.5 Å². The van der Waals surface area contributed by atoms with Gasteiger partial charge in [-0.2, -0.15) is 5.10 Å². The van der Waals surface area contributed by atoms with E-state index >= 15 is 0 Å². The number of anilines is 3. The zero-order valence-electron chi connectivity index (χ0n) is 15.0. The van der Waals surface area contributed by atoms with E-state index < -0.39 is 0 Å². The van der Waals surface area contributed by atoms with Crippen molar-refractivity contribution >= 4 is 33.9 Å². The van der Waals surface area contributed by atoms with Gasteiger partial charge in [0.2, 0.25) is 0 Å². The molecular weight excluding hydrogens is 352 g/mol. The van der Waals surface area contributed by atoms with Crippen molar-refractivity contribution < 1.29 is 0 Å². The maximum Gasteiger partial charge on any atom is 0.151 e. The third-order valence-electron chi connectivity index (χ3n) is 4.98. The van der Waals surface area contributed by atoms with Gasteiger partial charge in [0, 0.05) is 12.6 Å². The summed E-state index contributed by atoms with van der Waals surface area (Å²) < 4.78 is 0. The Morgan fingerprint density at radius 2 is 1.52 bits per heavy atom. The van der Waals surface area contributed by atoms with Gasteiger partial charge in [-0.3, -0.25) is 0 Å². The molecule has 2 aliphatic rings. The highest BCUT2D eigenvalue weighted by atomic mass is 32.2. The van der Waals surface area contributed by atoms with Crippen molar-refractivity contribution in [1.29, 1.82) is 0 Å². The second kappa shape index (κ2) is 6.67. The molecule has 3 aromatic rings. The minimum absolute atomic E-state index is 0.0461. The van der Waals surface area contributed by atoms with E-state index in [2.05, 4.69) is 95.1 Å². The van der Waals surface area contributed by atoms with Crippen LogP contribution in [0.5, 0.6) is 0 Å². The standard InChI is InChI=1S/C22H20N4S/c1-25-19-15-9-8-14-18(19)23-20-22(25)27-21(16-10-4-2-5-11-16)24-26(20)17-12-6-3-7-13-17/h2-15,20,22-23H,1H3/t20-,22+/m0/s1. The molecule has 0 saturated carbocycles. The van der Waals surface area contributed by atoms with Gasteiger partial charge in [0.25, 0.3) is 0 Å². The fourth-order valence-electron chi connectivity index (χ4n) is 3.61. The fraction of sp³-hybridized carbons (Fsp3) is 0.136. The van der Waals surface area contributed by atoms with Crippen molar-refractivity contribution in [2.75, 3.05) is 22.3 Å². The molecule has 2 heterocycles. The van der Waals surface area contributed by atoms with Crippen LogP contribution in [0.3, 0.4) is 0 Å². The van der Waals surface area contributed by atoms with E-state index in [0.29, 0.717) is 0 Å². The maximum absolute atomic E-state index is 5.04. The van der Waals surface area contributed by atoms with E-state index in [1.54, 1.807) is 0 Å². The van der Waals surface area contributed by atoms with Crippen LogP contribution < -0.4 is 15.2 Å². The third kappa shape index (κ3) is 2.84. The van der Waals surface area contributed by atoms with E-state index in [4.69, 9.17) is 5.10 Å². The van der Waals surface area contributed by atoms with E-state index in [1.165, 1.54) is 5.69 Å². The Hall–Kier alpha value is -2.92. The third-order valence-corrected chi connectivity index (χ3v) is 6.33. The normalized spacial score (nSPS) is 21.0. The monoisotopic (exact) mass is 372 g/mol. The van der Waals surface area contributed by atoms with Gasteiger partial charge in [0.05, 0.1) is 17.1 Å². The molecule has 0 bridgehead atoms. The van der Waals surface area contributed by atoms with Crippen LogP contribution in [-0.2, 0) is 0 Å². The van der Waals surface area contributed by atoms with Gasteiger partial charge in [-0.05, 0) is 24.3 Å². The first kappa shape index (κ1) is 16.3. The molecule has 0 fully saturated rings. The molecule has 3 aromatic carbocycles. The van der Waals surface area contributed by atoms with Crippen molar-refractivity contribution in [3.8, 4) is 0 Å². The number of hydrogen-bond donors (Lipinski definition) is 1. The SMILES string of the molecule is CN1c2ccccc2N[C@@H]2[C@H]1SC(c1ccccc1)=NN2c1ccccc1. The zero-order valence-corrected chi connectivity index (χ0v) is 15.8. The number of hydrogen-bond acceptors (Lipinski definition) is 5. The molecule has 2 aliphatic heterocycles. The van der Waals surface area contributed by atoms with Crippen LogP contribution in [-0.4, -0.2) is 23.6 Å². The quantitative estimate of drug-likeness (QED) is 0.699. The smallest absolute Gasteiger partial charge is 0.151 e. The van der Waals surface area contributed by atoms with Gasteiger partial charge >= 0.3 is 0 Å². The number of nitrogens with one attached hydrogen (secondary N) is 1. The number of fused-ring (bicyclic) bond motifs is 2. The Kier molecular flexibility index (Phi) is 4.02. The molecular formula is C22H20N4S. The summed E-state index contributed by atoms with van der Waals surface area (Å²) in [7, 11) is 2.17. The van der Waals surface area contributed by atoms with Gasteiger partial charge in [-0.15, -0.1) is 0 Å². The molecule has 1 N–H and O–H groups in total. The summed E-state index contributed by atoms with van der Waals surface area (Å²) in [6.07, 6.45) is 0.0461. The largest absolute Gasteiger partial charge is 0.360 e. The lowest BCUT2D eigenvalue weighted by molar-refractivity contribution is 0.607. The van der Waals surface area contributed by atoms with E-state index in [1.807, 2.05) is 23.9 Å². The Bertz CT molecular complexity index is 974. The van der Waals surface area contributed by atoms with Crippen LogP contribution in [0.25, 0.3) is 0 Å². The molecule has 0 spiro atoms. The molecule has 2 atom stereocenters. The molecule has 0 aromatic heterocycles. The topological polar surface area (TPSA) is 30.9 Å². The van der Waals surface area contributed by atoms with Crippen LogP contribution in [0.15, 0.2) is 90.0 Å². The van der Waals surface area contributed by atoms with Gasteiger partial charge in [-0.25, -0.2) is 5.01 Å². The molecule has 0 radical (unpaired) electrons. The highest BCUT2D eigenvalue weighted by molar-refractivity contribution is 8.15. The molecule has 5 rings (SSSR count). The lowest BCUT2D eigenvalue weighted by atomic mass is 10.1. The van der Waals surface area contributed by atoms with Crippen LogP contribution in [0.2, 0.25) is 0 Å². The summed E-state index contributed by atoms with van der Waals surface area (Å²) in [5, 5.41) is 12.1. The minimum atomic E-state index is 0.0461. The van der Waals surface area contributed by atoms with Crippen LogP contribution in [0.1, 0.15) is 5.56 Å². The van der Waals surface area contributed by atoms with Crippen molar-refractivity contribution in [2.24, 2.45) is 5.10 Å². The number of benzene rings is 3. The number of hydrazone groups is 1. The summed E-state index contributed by atoms with van der Waals surface area (Å²) in [5.41, 5.74) is 4.59. The average Bonchev–Trinajstić information content (AvgIpc) is 2.75. The summed E-state index contributed by atoms with van der Waals surface area (Å²) in [4.78, 5) is 2.36. The predicted molar refractivity (Wildman–Crippen MR) is 116 cm³/mol. The highest BCUT2D eigenvalue weighted by Gasteiger charge is 2.41. The lowest BCUT2D eigenvalue weighted by Crippen LogP contribution is -2.57. The molecule has 27 heavy (non-hydrogen) atoms. The minimum Gasteiger partial charge on any atom is -0.360 e. The number of rotatable bonds is 2. The summed E-state index contributed by atoms with van der Waals surface area (Å²) >= 11 is 1.81. The molecule has 5 heteroatoms. The first-order chi connectivity index (χ1) is 13.3. The number of likely N-dealkylation sites (N-methyl/N-ethyl adjacent to an activating group) is 1. The number of para-hydroxylation sites is 3. The van der Waals surface area contributed by atoms with Gasteiger partial charge in [-0.1, -0.05) is 72.4 Å². The van der Waals surface area contributed by atoms with Crippen LogP contribution in [0.4, 0.5) is 17.1 Å². The Balaban J connectivity index is 1.62. The van der Waals surface area contributed by atoms with Crippen LogP contribution in [0, 0.1) is 0 Å². The van der Waals surface area contributed by atoms with Crippen molar-refractivity contribution in [3.63, 3.8) is 0 Å². The summed E-state index contributed by atoms with van der Waals surface area (Å²) in [5.74, 6) is 0. The van der Waals surface area contributed by atoms with E-state index in [0.717, 1.165) is 22.0 Å². The molecule has 4 nitrogen and oxygen atoms in total. The molecule has 0 saturated heterocycles. The second-order valence-corrected chi connectivity index (χ2v) is 7.78. The molecule has 0 amide bonds. The first-order valence-electron chi connectivity index (χ1n) is 9.04. The Labute approximate surface area is 163 Å². The Morgan fingerprint density at radius 3 is 2.30 bits per heavy atom. The van der Waals surface area contributed by atoms with Gasteiger partial charge < -0.3 is 10.2 Å². The highest BCUT2D eigenvalue weighted by Crippen LogP contribution is 2.42. The lowest BCUT2D eigenvalue weighted by Gasteiger charge is -2.47.